The fraction of sp³-hybridized carbons (Fsp3) is 0.125. The molecule has 0 bridgehead atoms. The molecule has 0 aromatic heterocycles. The van der Waals surface area contributed by atoms with Gasteiger partial charge < -0.3 is 15.0 Å². The maximum atomic E-state index is 10.4. The minimum absolute atomic E-state index is 0. The van der Waals surface area contributed by atoms with Crippen molar-refractivity contribution in [3.05, 3.63) is 29.3 Å². The van der Waals surface area contributed by atoms with Crippen molar-refractivity contribution in [2.75, 3.05) is 0 Å². The van der Waals surface area contributed by atoms with E-state index in [0.717, 1.165) is 0 Å². The van der Waals surface area contributed by atoms with Gasteiger partial charge in [0, 0.05) is 5.56 Å². The molecule has 58 valence electrons. The molecular weight excluding hydrogens is 167 g/mol. The second-order valence-corrected chi connectivity index (χ2v) is 2.29. The molecule has 0 amide bonds. The number of phenols is 1. The minimum atomic E-state index is -1.27. The Hall–Kier alpha value is -0.510. The number of aromatic hydroxyl groups is 1. The summed E-state index contributed by atoms with van der Waals surface area (Å²) in [6.45, 7) is 1.64. The van der Waals surface area contributed by atoms with Gasteiger partial charge in [-0.3, -0.25) is 0 Å². The molecule has 0 atom stereocenters. The number of carboxylic acids is 1. The number of aromatic carboxylic acids is 1. The zero-order valence-corrected chi connectivity index (χ0v) is 9.00. The monoisotopic (exact) mass is 174 g/mol. The number of phenolic OH excluding ortho intramolecular Hbond substituents is 1. The van der Waals surface area contributed by atoms with E-state index in [0.29, 0.717) is 5.56 Å². The first-order chi connectivity index (χ1) is 5.11. The van der Waals surface area contributed by atoms with Gasteiger partial charge in [-0.2, -0.15) is 0 Å². The predicted octanol–water partition coefficient (Wildman–Crippen LogP) is -2.93. The van der Waals surface area contributed by atoms with Crippen LogP contribution in [0.25, 0.3) is 0 Å². The van der Waals surface area contributed by atoms with Gasteiger partial charge in [0.1, 0.15) is 5.75 Å². The standard InChI is InChI=1S/C8H8O3.Na/c1-5-2-3-6(9)4-7(5)8(10)11;/h2-4,9H,1H3,(H,10,11);/q;+1/p-1. The fourth-order valence-electron chi connectivity index (χ4n) is 0.830. The summed E-state index contributed by atoms with van der Waals surface area (Å²) in [6.07, 6.45) is 0. The summed E-state index contributed by atoms with van der Waals surface area (Å²) in [5.41, 5.74) is 0.618. The Morgan fingerprint density at radius 1 is 1.50 bits per heavy atom. The molecule has 0 saturated heterocycles. The van der Waals surface area contributed by atoms with Crippen LogP contribution in [0.2, 0.25) is 0 Å². The third-order valence-corrected chi connectivity index (χ3v) is 1.44. The van der Waals surface area contributed by atoms with Crippen LogP contribution in [0.5, 0.6) is 5.75 Å². The van der Waals surface area contributed by atoms with Gasteiger partial charge >= 0.3 is 29.6 Å². The zero-order chi connectivity index (χ0) is 8.43. The van der Waals surface area contributed by atoms with Crippen LogP contribution in [-0.2, 0) is 0 Å². The van der Waals surface area contributed by atoms with Gasteiger partial charge in [0.15, 0.2) is 0 Å². The molecule has 1 aromatic rings. The van der Waals surface area contributed by atoms with Crippen molar-refractivity contribution in [3.8, 4) is 5.75 Å². The van der Waals surface area contributed by atoms with E-state index in [9.17, 15) is 9.90 Å². The summed E-state index contributed by atoms with van der Waals surface area (Å²) in [5.74, 6) is -1.33. The molecule has 0 aliphatic rings. The molecule has 0 spiro atoms. The topological polar surface area (TPSA) is 60.4 Å². The van der Waals surface area contributed by atoms with E-state index in [1.54, 1.807) is 6.92 Å². The van der Waals surface area contributed by atoms with Crippen LogP contribution in [0.1, 0.15) is 15.9 Å². The van der Waals surface area contributed by atoms with E-state index in [4.69, 9.17) is 5.11 Å². The summed E-state index contributed by atoms with van der Waals surface area (Å²) >= 11 is 0. The van der Waals surface area contributed by atoms with Crippen molar-refractivity contribution in [3.63, 3.8) is 0 Å². The maximum Gasteiger partial charge on any atom is 1.00 e. The molecule has 4 heteroatoms. The Morgan fingerprint density at radius 3 is 2.50 bits per heavy atom. The summed E-state index contributed by atoms with van der Waals surface area (Å²) in [4.78, 5) is 10.4. The van der Waals surface area contributed by atoms with Crippen molar-refractivity contribution in [2.24, 2.45) is 0 Å². The van der Waals surface area contributed by atoms with Crippen molar-refractivity contribution >= 4 is 5.97 Å². The van der Waals surface area contributed by atoms with Crippen LogP contribution in [0.15, 0.2) is 18.2 Å². The second-order valence-electron chi connectivity index (χ2n) is 2.29. The van der Waals surface area contributed by atoms with E-state index in [2.05, 4.69) is 0 Å². The molecule has 3 nitrogen and oxygen atoms in total. The summed E-state index contributed by atoms with van der Waals surface area (Å²) in [6, 6.07) is 4.13. The summed E-state index contributed by atoms with van der Waals surface area (Å²) in [5, 5.41) is 19.2. The van der Waals surface area contributed by atoms with E-state index >= 15 is 0 Å². The molecule has 1 N–H and O–H groups in total. The number of hydrogen-bond donors (Lipinski definition) is 1. The molecule has 0 radical (unpaired) electrons. The van der Waals surface area contributed by atoms with Gasteiger partial charge in [0.05, 0.1) is 5.97 Å². The predicted molar refractivity (Wildman–Crippen MR) is 37.2 cm³/mol. The molecule has 12 heavy (non-hydrogen) atoms. The zero-order valence-electron chi connectivity index (χ0n) is 7.00. The Morgan fingerprint density at radius 2 is 2.08 bits per heavy atom. The summed E-state index contributed by atoms with van der Waals surface area (Å²) in [7, 11) is 0. The number of aryl methyl sites for hydroxylation is 1. The second kappa shape index (κ2) is 4.50. The molecular formula is C8H7NaO3. The quantitative estimate of drug-likeness (QED) is 0.464. The smallest absolute Gasteiger partial charge is 0.545 e. The van der Waals surface area contributed by atoms with Crippen LogP contribution in [0.3, 0.4) is 0 Å². The van der Waals surface area contributed by atoms with Crippen molar-refractivity contribution in [1.29, 1.82) is 0 Å². The number of carbonyl (C=O) groups excluding carboxylic acids is 1. The average molecular weight is 174 g/mol. The largest absolute Gasteiger partial charge is 1.00 e. The number of rotatable bonds is 1. The molecule has 0 unspecified atom stereocenters. The Bertz CT molecular complexity index is 296. The first-order valence-electron chi connectivity index (χ1n) is 3.12. The van der Waals surface area contributed by atoms with Crippen LogP contribution in [0, 0.1) is 6.92 Å². The number of carboxylic acid groups (broad SMARTS) is 1. The molecule has 0 saturated carbocycles. The maximum absolute atomic E-state index is 10.4. The van der Waals surface area contributed by atoms with Gasteiger partial charge in [-0.1, -0.05) is 6.07 Å². The van der Waals surface area contributed by atoms with E-state index < -0.39 is 5.97 Å². The Kier molecular flexibility index (Phi) is 4.31. The van der Waals surface area contributed by atoms with Crippen LogP contribution >= 0.6 is 0 Å². The van der Waals surface area contributed by atoms with Crippen LogP contribution < -0.4 is 34.7 Å². The number of hydrogen-bond acceptors (Lipinski definition) is 3. The third-order valence-electron chi connectivity index (χ3n) is 1.44. The Labute approximate surface area is 92.3 Å². The minimum Gasteiger partial charge on any atom is -0.545 e. The molecule has 0 fully saturated rings. The van der Waals surface area contributed by atoms with Gasteiger partial charge in [-0.15, -0.1) is 0 Å². The van der Waals surface area contributed by atoms with Crippen molar-refractivity contribution in [1.82, 2.24) is 0 Å². The van der Waals surface area contributed by atoms with Gasteiger partial charge in [0.2, 0.25) is 0 Å². The van der Waals surface area contributed by atoms with Crippen LogP contribution in [-0.4, -0.2) is 11.1 Å². The van der Waals surface area contributed by atoms with E-state index in [1.165, 1.54) is 18.2 Å². The molecule has 0 aliphatic carbocycles. The summed E-state index contributed by atoms with van der Waals surface area (Å²) < 4.78 is 0. The fourth-order valence-corrected chi connectivity index (χ4v) is 0.830. The SMILES string of the molecule is Cc1ccc(O)cc1C(=O)[O-].[Na+]. The van der Waals surface area contributed by atoms with Crippen molar-refractivity contribution < 1.29 is 44.6 Å². The van der Waals surface area contributed by atoms with Crippen LogP contribution in [0.4, 0.5) is 0 Å². The molecule has 0 aliphatic heterocycles. The first-order valence-corrected chi connectivity index (χ1v) is 3.12. The van der Waals surface area contributed by atoms with E-state index in [1.807, 2.05) is 0 Å². The van der Waals surface area contributed by atoms with Gasteiger partial charge in [-0.05, 0) is 24.6 Å². The first kappa shape index (κ1) is 11.5. The molecule has 1 rings (SSSR count). The van der Waals surface area contributed by atoms with Gasteiger partial charge in [0.25, 0.3) is 0 Å². The number of benzene rings is 1. The molecule has 0 heterocycles. The number of carbonyl (C=O) groups is 1. The van der Waals surface area contributed by atoms with Gasteiger partial charge in [-0.25, -0.2) is 0 Å². The normalized spacial score (nSPS) is 8.75. The third kappa shape index (κ3) is 2.52. The average Bonchev–Trinajstić information content (AvgIpc) is 1.94. The molecule has 1 aromatic carbocycles. The van der Waals surface area contributed by atoms with E-state index in [-0.39, 0.29) is 40.9 Å². The Balaban J connectivity index is 0.00000121. The van der Waals surface area contributed by atoms with Crippen molar-refractivity contribution in [2.45, 2.75) is 6.92 Å².